The van der Waals surface area contributed by atoms with Gasteiger partial charge in [-0.2, -0.15) is 0 Å². The van der Waals surface area contributed by atoms with Crippen molar-refractivity contribution in [2.24, 2.45) is 0 Å². The van der Waals surface area contributed by atoms with E-state index < -0.39 is 0 Å². The molecule has 0 atom stereocenters. The van der Waals surface area contributed by atoms with E-state index in [9.17, 15) is 0 Å². The van der Waals surface area contributed by atoms with Crippen molar-refractivity contribution in [1.29, 1.82) is 0 Å². The lowest BCUT2D eigenvalue weighted by molar-refractivity contribution is 0.282. The molecule has 2 N–H and O–H groups in total. The van der Waals surface area contributed by atoms with Crippen LogP contribution in [0.2, 0.25) is 0 Å². The third-order valence-electron chi connectivity index (χ3n) is 4.07. The van der Waals surface area contributed by atoms with E-state index in [4.69, 9.17) is 10.2 Å². The van der Waals surface area contributed by atoms with Crippen LogP contribution in [0, 0.1) is 0 Å². The molecule has 0 saturated carbocycles. The highest BCUT2D eigenvalue weighted by molar-refractivity contribution is 4.49. The van der Waals surface area contributed by atoms with E-state index in [-0.39, 0.29) is 7.43 Å². The van der Waals surface area contributed by atoms with Gasteiger partial charge in [0.25, 0.3) is 0 Å². The largest absolute Gasteiger partial charge is 0.396 e. The van der Waals surface area contributed by atoms with Crippen molar-refractivity contribution in [1.82, 2.24) is 0 Å². The molecule has 0 aliphatic rings. The molecule has 0 aromatic carbocycles. The topological polar surface area (TPSA) is 40.5 Å². The van der Waals surface area contributed by atoms with Crippen molar-refractivity contribution in [3.05, 3.63) is 0 Å². The van der Waals surface area contributed by atoms with Gasteiger partial charge in [-0.15, -0.1) is 0 Å². The van der Waals surface area contributed by atoms with E-state index in [0.717, 1.165) is 12.8 Å². The summed E-state index contributed by atoms with van der Waals surface area (Å²) in [5.41, 5.74) is 0. The Morgan fingerprint density at radius 2 is 0.429 bits per heavy atom. The Labute approximate surface area is 134 Å². The standard InChI is InChI=1S/C18H38O2.CH4/c19-17-15-13-11-9-7-5-3-1-2-4-6-8-10-12-14-16-18-20;/h19-20H,1-18H2;1H4. The minimum Gasteiger partial charge on any atom is -0.396 e. The van der Waals surface area contributed by atoms with E-state index in [1.807, 2.05) is 0 Å². The molecule has 21 heavy (non-hydrogen) atoms. The first-order valence-corrected chi connectivity index (χ1v) is 9.13. The molecular formula is C19H42O2. The molecule has 0 bridgehead atoms. The van der Waals surface area contributed by atoms with Gasteiger partial charge in [0.05, 0.1) is 0 Å². The van der Waals surface area contributed by atoms with Gasteiger partial charge in [0.2, 0.25) is 0 Å². The van der Waals surface area contributed by atoms with Crippen LogP contribution >= 0.6 is 0 Å². The van der Waals surface area contributed by atoms with E-state index in [0.29, 0.717) is 13.2 Å². The second kappa shape index (κ2) is 22.2. The Kier molecular flexibility index (Phi) is 24.5. The van der Waals surface area contributed by atoms with Crippen molar-refractivity contribution in [2.45, 2.75) is 110 Å². The second-order valence-electron chi connectivity index (χ2n) is 6.10. The summed E-state index contributed by atoms with van der Waals surface area (Å²) in [6.45, 7) is 0.725. The molecule has 130 valence electrons. The predicted molar refractivity (Wildman–Crippen MR) is 94.8 cm³/mol. The van der Waals surface area contributed by atoms with Gasteiger partial charge in [-0.05, 0) is 12.8 Å². The Balaban J connectivity index is 0. The van der Waals surface area contributed by atoms with Gasteiger partial charge in [0.15, 0.2) is 0 Å². The molecule has 0 heterocycles. The molecule has 2 heteroatoms. The highest BCUT2D eigenvalue weighted by Gasteiger charge is 1.94. The molecule has 0 unspecified atom stereocenters. The molecule has 0 fully saturated rings. The van der Waals surface area contributed by atoms with Gasteiger partial charge in [0, 0.05) is 13.2 Å². The van der Waals surface area contributed by atoms with Crippen LogP contribution in [0.25, 0.3) is 0 Å². The van der Waals surface area contributed by atoms with Crippen LogP contribution in [0.5, 0.6) is 0 Å². The fourth-order valence-corrected chi connectivity index (χ4v) is 2.70. The number of hydrogen-bond donors (Lipinski definition) is 2. The minimum atomic E-state index is 0. The zero-order chi connectivity index (χ0) is 14.7. The summed E-state index contributed by atoms with van der Waals surface area (Å²) in [5.74, 6) is 0. The van der Waals surface area contributed by atoms with Crippen LogP contribution in [0.1, 0.15) is 110 Å². The maximum atomic E-state index is 8.67. The Morgan fingerprint density at radius 3 is 0.571 bits per heavy atom. The number of unbranched alkanes of at least 4 members (excludes halogenated alkanes) is 15. The van der Waals surface area contributed by atoms with Crippen molar-refractivity contribution in [3.63, 3.8) is 0 Å². The summed E-state index contributed by atoms with van der Waals surface area (Å²) in [4.78, 5) is 0. The molecule has 2 nitrogen and oxygen atoms in total. The molecule has 0 aliphatic carbocycles. The fraction of sp³-hybridized carbons (Fsp3) is 1.00. The van der Waals surface area contributed by atoms with Gasteiger partial charge < -0.3 is 10.2 Å². The van der Waals surface area contributed by atoms with Crippen molar-refractivity contribution in [3.8, 4) is 0 Å². The first-order valence-electron chi connectivity index (χ1n) is 9.13. The molecule has 0 rings (SSSR count). The quantitative estimate of drug-likeness (QED) is 0.331. The summed E-state index contributed by atoms with van der Waals surface area (Å²) < 4.78 is 0. The fourth-order valence-electron chi connectivity index (χ4n) is 2.70. The van der Waals surface area contributed by atoms with Crippen LogP contribution in [-0.2, 0) is 0 Å². The van der Waals surface area contributed by atoms with E-state index >= 15 is 0 Å². The number of rotatable bonds is 17. The van der Waals surface area contributed by atoms with E-state index in [2.05, 4.69) is 0 Å². The number of aliphatic hydroxyl groups is 2. The van der Waals surface area contributed by atoms with Gasteiger partial charge in [-0.3, -0.25) is 0 Å². The van der Waals surface area contributed by atoms with Crippen molar-refractivity contribution >= 4 is 0 Å². The van der Waals surface area contributed by atoms with Gasteiger partial charge in [0.1, 0.15) is 0 Å². The van der Waals surface area contributed by atoms with Crippen LogP contribution < -0.4 is 0 Å². The van der Waals surface area contributed by atoms with Crippen LogP contribution in [0.15, 0.2) is 0 Å². The summed E-state index contributed by atoms with van der Waals surface area (Å²) in [6.07, 6.45) is 20.9. The molecule has 0 saturated heterocycles. The molecular weight excluding hydrogens is 260 g/mol. The van der Waals surface area contributed by atoms with Crippen LogP contribution in [0.3, 0.4) is 0 Å². The van der Waals surface area contributed by atoms with E-state index in [1.54, 1.807) is 0 Å². The minimum absolute atomic E-state index is 0. The lowest BCUT2D eigenvalue weighted by atomic mass is 10.0. The lowest BCUT2D eigenvalue weighted by Crippen LogP contribution is -1.85. The maximum Gasteiger partial charge on any atom is 0.0431 e. The summed E-state index contributed by atoms with van der Waals surface area (Å²) in [5, 5.41) is 17.3. The van der Waals surface area contributed by atoms with Crippen LogP contribution in [-0.4, -0.2) is 23.4 Å². The SMILES string of the molecule is C.OCCCCCCCCCCCCCCCCCCO. The second-order valence-corrected chi connectivity index (χ2v) is 6.10. The highest BCUT2D eigenvalue weighted by Crippen LogP contribution is 2.13. The Morgan fingerprint density at radius 1 is 0.286 bits per heavy atom. The smallest absolute Gasteiger partial charge is 0.0431 e. The van der Waals surface area contributed by atoms with Crippen molar-refractivity contribution < 1.29 is 10.2 Å². The third kappa shape index (κ3) is 22.3. The van der Waals surface area contributed by atoms with E-state index in [1.165, 1.54) is 89.9 Å². The number of aliphatic hydroxyl groups excluding tert-OH is 2. The molecule has 0 aromatic rings. The monoisotopic (exact) mass is 302 g/mol. The average Bonchev–Trinajstić information content (AvgIpc) is 2.47. The maximum absolute atomic E-state index is 8.67. The predicted octanol–water partition coefficient (Wildman–Crippen LogP) is 5.85. The van der Waals surface area contributed by atoms with Crippen molar-refractivity contribution in [2.75, 3.05) is 13.2 Å². The highest BCUT2D eigenvalue weighted by atomic mass is 16.3. The van der Waals surface area contributed by atoms with Gasteiger partial charge in [-0.25, -0.2) is 0 Å². The normalized spacial score (nSPS) is 10.6. The Bertz CT molecular complexity index is 142. The molecule has 0 aliphatic heterocycles. The van der Waals surface area contributed by atoms with Crippen LogP contribution in [0.4, 0.5) is 0 Å². The third-order valence-corrected chi connectivity index (χ3v) is 4.07. The molecule has 0 radical (unpaired) electrons. The lowest BCUT2D eigenvalue weighted by Gasteiger charge is -2.03. The molecule has 0 spiro atoms. The summed E-state index contributed by atoms with van der Waals surface area (Å²) in [7, 11) is 0. The van der Waals surface area contributed by atoms with Gasteiger partial charge >= 0.3 is 0 Å². The average molecular weight is 303 g/mol. The van der Waals surface area contributed by atoms with Gasteiger partial charge in [-0.1, -0.05) is 97.3 Å². The molecule has 0 aromatic heterocycles. The first-order chi connectivity index (χ1) is 9.91. The first kappa shape index (κ1) is 23.2. The zero-order valence-electron chi connectivity index (χ0n) is 13.6. The zero-order valence-corrected chi connectivity index (χ0v) is 13.6. The molecule has 0 amide bonds. The Hall–Kier alpha value is -0.0800. The number of hydrogen-bond acceptors (Lipinski definition) is 2. The summed E-state index contributed by atoms with van der Waals surface area (Å²) in [6, 6.07) is 0. The summed E-state index contributed by atoms with van der Waals surface area (Å²) >= 11 is 0.